The SMILES string of the molecule is Cc1ccc(CN(C(=O)CN(c2cc(Cl)cc(Cl)c2)S(=O)(=O)c2ccc(C)cc2)[C@@H](C)C(=O)NC2CCCCC2)cc1. The molecule has 1 fully saturated rings. The Labute approximate surface area is 258 Å². The summed E-state index contributed by atoms with van der Waals surface area (Å²) in [5.74, 6) is -0.797. The number of nitrogens with one attached hydrogen (secondary N) is 1. The first kappa shape index (κ1) is 31.9. The van der Waals surface area contributed by atoms with Gasteiger partial charge >= 0.3 is 0 Å². The van der Waals surface area contributed by atoms with Gasteiger partial charge in [-0.2, -0.15) is 0 Å². The number of rotatable bonds is 10. The number of hydrogen-bond donors (Lipinski definition) is 1. The zero-order chi connectivity index (χ0) is 30.4. The molecule has 0 unspecified atom stereocenters. The molecule has 0 spiro atoms. The summed E-state index contributed by atoms with van der Waals surface area (Å²) in [4.78, 5) is 29.0. The second kappa shape index (κ2) is 13.9. The Morgan fingerprint density at radius 2 is 1.43 bits per heavy atom. The lowest BCUT2D eigenvalue weighted by Crippen LogP contribution is -2.53. The molecule has 1 aliphatic carbocycles. The van der Waals surface area contributed by atoms with Gasteiger partial charge in [0.15, 0.2) is 0 Å². The average molecular weight is 631 g/mol. The summed E-state index contributed by atoms with van der Waals surface area (Å²) in [6.07, 6.45) is 5.07. The largest absolute Gasteiger partial charge is 0.352 e. The summed E-state index contributed by atoms with van der Waals surface area (Å²) in [6.45, 7) is 5.08. The quantitative estimate of drug-likeness (QED) is 0.271. The van der Waals surface area contributed by atoms with Crippen molar-refractivity contribution in [3.63, 3.8) is 0 Å². The first-order valence-corrected chi connectivity index (χ1v) is 16.3. The maximum absolute atomic E-state index is 14.1. The van der Waals surface area contributed by atoms with Gasteiger partial charge in [0.1, 0.15) is 12.6 Å². The minimum Gasteiger partial charge on any atom is -0.352 e. The van der Waals surface area contributed by atoms with Crippen LogP contribution in [-0.2, 0) is 26.2 Å². The number of halogens is 2. The topological polar surface area (TPSA) is 86.8 Å². The van der Waals surface area contributed by atoms with E-state index in [-0.39, 0.29) is 39.1 Å². The van der Waals surface area contributed by atoms with Crippen molar-refractivity contribution in [3.8, 4) is 0 Å². The highest BCUT2D eigenvalue weighted by Gasteiger charge is 2.33. The van der Waals surface area contributed by atoms with Crippen LogP contribution in [0.2, 0.25) is 10.0 Å². The van der Waals surface area contributed by atoms with Gasteiger partial charge in [-0.25, -0.2) is 8.42 Å². The highest BCUT2D eigenvalue weighted by atomic mass is 35.5. The van der Waals surface area contributed by atoms with E-state index in [1.54, 1.807) is 19.1 Å². The number of benzene rings is 3. The zero-order valence-corrected chi connectivity index (χ0v) is 26.5. The maximum atomic E-state index is 14.1. The van der Waals surface area contributed by atoms with Crippen molar-refractivity contribution in [2.75, 3.05) is 10.8 Å². The zero-order valence-electron chi connectivity index (χ0n) is 24.1. The van der Waals surface area contributed by atoms with Crippen molar-refractivity contribution < 1.29 is 18.0 Å². The second-order valence-electron chi connectivity index (χ2n) is 11.0. The maximum Gasteiger partial charge on any atom is 0.264 e. The number of sulfonamides is 1. The molecular weight excluding hydrogens is 593 g/mol. The van der Waals surface area contributed by atoms with Crippen LogP contribution in [0.5, 0.6) is 0 Å². The summed E-state index contributed by atoms with van der Waals surface area (Å²) in [6, 6.07) is 17.7. The molecule has 0 saturated heterocycles. The monoisotopic (exact) mass is 629 g/mol. The van der Waals surface area contributed by atoms with Gasteiger partial charge in [0, 0.05) is 22.6 Å². The molecular formula is C32H37Cl2N3O4S. The van der Waals surface area contributed by atoms with E-state index in [1.807, 2.05) is 38.1 Å². The predicted octanol–water partition coefficient (Wildman–Crippen LogP) is 6.67. The van der Waals surface area contributed by atoms with Gasteiger partial charge in [-0.15, -0.1) is 0 Å². The van der Waals surface area contributed by atoms with E-state index in [4.69, 9.17) is 23.2 Å². The van der Waals surface area contributed by atoms with Crippen molar-refractivity contribution in [1.82, 2.24) is 10.2 Å². The van der Waals surface area contributed by atoms with Crippen LogP contribution >= 0.6 is 23.2 Å². The number of carbonyl (C=O) groups excluding carboxylic acids is 2. The first-order valence-electron chi connectivity index (χ1n) is 14.1. The summed E-state index contributed by atoms with van der Waals surface area (Å²) in [5, 5.41) is 3.57. The lowest BCUT2D eigenvalue weighted by atomic mass is 9.95. The molecule has 1 N–H and O–H groups in total. The minimum atomic E-state index is -4.21. The normalized spacial score (nSPS) is 14.7. The highest BCUT2D eigenvalue weighted by Crippen LogP contribution is 2.30. The molecule has 3 aromatic rings. The molecule has 1 saturated carbocycles. The molecule has 42 heavy (non-hydrogen) atoms. The average Bonchev–Trinajstić information content (AvgIpc) is 2.95. The Kier molecular flexibility index (Phi) is 10.6. The van der Waals surface area contributed by atoms with Crippen LogP contribution in [0.25, 0.3) is 0 Å². The molecule has 0 heterocycles. The Morgan fingerprint density at radius 3 is 2.00 bits per heavy atom. The standard InChI is InChI=1S/C32H37Cl2N3O4S/c1-22-9-13-25(14-10-22)20-36(24(3)32(39)35-28-7-5-4-6-8-28)31(38)21-37(29-18-26(33)17-27(34)19-29)42(40,41)30-15-11-23(2)12-16-30/h9-19,24,28H,4-8,20-21H2,1-3H3,(H,35,39)/t24-/m0/s1. The molecule has 10 heteroatoms. The van der Waals surface area contributed by atoms with Gasteiger partial charge < -0.3 is 10.2 Å². The molecule has 0 aliphatic heterocycles. The lowest BCUT2D eigenvalue weighted by Gasteiger charge is -2.33. The Balaban J connectivity index is 1.69. The number of aryl methyl sites for hydroxylation is 2. The van der Waals surface area contributed by atoms with Crippen molar-refractivity contribution >= 4 is 50.7 Å². The van der Waals surface area contributed by atoms with Crippen molar-refractivity contribution in [1.29, 1.82) is 0 Å². The van der Waals surface area contributed by atoms with Crippen LogP contribution in [0.15, 0.2) is 71.6 Å². The molecule has 3 aromatic carbocycles. The van der Waals surface area contributed by atoms with Crippen LogP contribution in [0.3, 0.4) is 0 Å². The van der Waals surface area contributed by atoms with E-state index < -0.39 is 28.5 Å². The minimum absolute atomic E-state index is 0.0187. The fourth-order valence-electron chi connectivity index (χ4n) is 5.09. The molecule has 2 amide bonds. The van der Waals surface area contributed by atoms with Gasteiger partial charge in [-0.1, -0.05) is 90.0 Å². The number of amides is 2. The van der Waals surface area contributed by atoms with Crippen molar-refractivity contribution in [3.05, 3.63) is 93.5 Å². The van der Waals surface area contributed by atoms with Crippen LogP contribution in [0.4, 0.5) is 5.69 Å². The third-order valence-corrected chi connectivity index (χ3v) is 9.84. The molecule has 1 aliphatic rings. The number of hydrogen-bond acceptors (Lipinski definition) is 4. The fraction of sp³-hybridized carbons (Fsp3) is 0.375. The molecule has 0 radical (unpaired) electrons. The van der Waals surface area contributed by atoms with Gasteiger partial charge in [0.05, 0.1) is 10.6 Å². The summed E-state index contributed by atoms with van der Waals surface area (Å²) < 4.78 is 29.0. The van der Waals surface area contributed by atoms with Crippen molar-refractivity contribution in [2.24, 2.45) is 0 Å². The van der Waals surface area contributed by atoms with Crippen LogP contribution in [0, 0.1) is 13.8 Å². The van der Waals surface area contributed by atoms with Gasteiger partial charge in [0.25, 0.3) is 10.0 Å². The number of anilines is 1. The third-order valence-electron chi connectivity index (χ3n) is 7.62. The smallest absolute Gasteiger partial charge is 0.264 e. The molecule has 7 nitrogen and oxygen atoms in total. The van der Waals surface area contributed by atoms with E-state index in [0.29, 0.717) is 0 Å². The number of carbonyl (C=O) groups is 2. The highest BCUT2D eigenvalue weighted by molar-refractivity contribution is 7.92. The summed E-state index contributed by atoms with van der Waals surface area (Å²) >= 11 is 12.5. The van der Waals surface area contributed by atoms with Crippen LogP contribution < -0.4 is 9.62 Å². The molecule has 224 valence electrons. The molecule has 4 rings (SSSR count). The molecule has 0 bridgehead atoms. The van der Waals surface area contributed by atoms with E-state index >= 15 is 0 Å². The third kappa shape index (κ3) is 8.06. The Bertz CT molecular complexity index is 1490. The lowest BCUT2D eigenvalue weighted by molar-refractivity contribution is -0.139. The number of nitrogens with zero attached hydrogens (tertiary/aromatic N) is 2. The van der Waals surface area contributed by atoms with Gasteiger partial charge in [-0.3, -0.25) is 13.9 Å². The molecule has 0 aromatic heterocycles. The Hall–Kier alpha value is -3.07. The van der Waals surface area contributed by atoms with Gasteiger partial charge in [-0.05, 0) is 69.5 Å². The van der Waals surface area contributed by atoms with E-state index in [9.17, 15) is 18.0 Å². The van der Waals surface area contributed by atoms with Crippen LogP contribution in [0.1, 0.15) is 55.7 Å². The molecule has 1 atom stereocenters. The van der Waals surface area contributed by atoms with E-state index in [2.05, 4.69) is 5.32 Å². The summed E-state index contributed by atoms with van der Waals surface area (Å²) in [7, 11) is -4.21. The Morgan fingerprint density at radius 1 is 0.881 bits per heavy atom. The predicted molar refractivity (Wildman–Crippen MR) is 168 cm³/mol. The van der Waals surface area contributed by atoms with Crippen molar-refractivity contribution in [2.45, 2.75) is 76.4 Å². The fourth-order valence-corrected chi connectivity index (χ4v) is 7.00. The van der Waals surface area contributed by atoms with E-state index in [1.165, 1.54) is 35.2 Å². The van der Waals surface area contributed by atoms with E-state index in [0.717, 1.165) is 53.1 Å². The van der Waals surface area contributed by atoms with Crippen LogP contribution in [-0.4, -0.2) is 43.8 Å². The van der Waals surface area contributed by atoms with Gasteiger partial charge in [0.2, 0.25) is 11.8 Å². The second-order valence-corrected chi connectivity index (χ2v) is 13.7. The first-order chi connectivity index (χ1) is 19.9. The summed E-state index contributed by atoms with van der Waals surface area (Å²) in [5.41, 5.74) is 2.93.